The molecule has 2 aromatic heterocycles. The maximum atomic E-state index is 10.4. The highest BCUT2D eigenvalue weighted by atomic mass is 79.9. The number of aldehydes is 2. The van der Waals surface area contributed by atoms with Crippen LogP contribution in [-0.4, -0.2) is 29.7 Å². The smallest absolute Gasteiger partial charge is 0.423 e. The highest BCUT2D eigenvalue weighted by Crippen LogP contribution is 2.21. The van der Waals surface area contributed by atoms with E-state index in [1.54, 1.807) is 22.7 Å². The SMILES string of the molecule is Brc1ccsc1.O=Cc1ccc(-c2ccsc2)cc1.O=Cc1ccc(B(O)O)cc1. The molecule has 0 amide bonds. The summed E-state index contributed by atoms with van der Waals surface area (Å²) in [4.78, 5) is 20.6. The standard InChI is InChI=1S/C11H8OS.C7H7BO3.C4H3BrS/c12-7-9-1-3-10(4-2-9)11-5-6-13-8-11;9-5-6-1-3-7(4-2-6)8(10)11;5-4-1-2-6-3-4/h1-8H;1-5,10-11H;1-3H. The van der Waals surface area contributed by atoms with Gasteiger partial charge in [-0.2, -0.15) is 22.7 Å². The van der Waals surface area contributed by atoms with Gasteiger partial charge in [-0.15, -0.1) is 0 Å². The fourth-order valence-corrected chi connectivity index (χ4v) is 3.99. The summed E-state index contributed by atoms with van der Waals surface area (Å²) in [5, 5.41) is 25.5. The highest BCUT2D eigenvalue weighted by molar-refractivity contribution is 9.10. The average Bonchev–Trinajstić information content (AvgIpc) is 3.49. The van der Waals surface area contributed by atoms with Gasteiger partial charge in [0.2, 0.25) is 0 Å². The van der Waals surface area contributed by atoms with Crippen LogP contribution in [0.5, 0.6) is 0 Å². The van der Waals surface area contributed by atoms with Crippen LogP contribution in [0.2, 0.25) is 0 Å². The van der Waals surface area contributed by atoms with E-state index in [2.05, 4.69) is 27.4 Å². The number of halogens is 1. The molecule has 0 atom stereocenters. The van der Waals surface area contributed by atoms with Crippen molar-refractivity contribution in [1.29, 1.82) is 0 Å². The first-order valence-electron chi connectivity index (χ1n) is 8.70. The molecule has 0 unspecified atom stereocenters. The fraction of sp³-hybridized carbons (Fsp3) is 0. The van der Waals surface area contributed by atoms with Crippen molar-refractivity contribution in [3.63, 3.8) is 0 Å². The van der Waals surface area contributed by atoms with Gasteiger partial charge in [-0.1, -0.05) is 48.5 Å². The lowest BCUT2D eigenvalue weighted by atomic mass is 9.80. The van der Waals surface area contributed by atoms with E-state index in [9.17, 15) is 9.59 Å². The van der Waals surface area contributed by atoms with Gasteiger partial charge in [0.25, 0.3) is 0 Å². The van der Waals surface area contributed by atoms with E-state index in [-0.39, 0.29) is 0 Å². The van der Waals surface area contributed by atoms with Crippen LogP contribution in [-0.2, 0) is 0 Å². The first kappa shape index (κ1) is 23.9. The predicted octanol–water partition coefficient (Wildman–Crippen LogP) is 4.92. The molecule has 2 N–H and O–H groups in total. The molecule has 0 bridgehead atoms. The maximum Gasteiger partial charge on any atom is 0.488 e. The number of benzene rings is 2. The summed E-state index contributed by atoms with van der Waals surface area (Å²) in [6.45, 7) is 0. The molecule has 2 aromatic carbocycles. The van der Waals surface area contributed by atoms with E-state index >= 15 is 0 Å². The molecule has 30 heavy (non-hydrogen) atoms. The van der Waals surface area contributed by atoms with E-state index in [0.29, 0.717) is 17.3 Å². The zero-order valence-electron chi connectivity index (χ0n) is 15.7. The zero-order valence-corrected chi connectivity index (χ0v) is 18.9. The lowest BCUT2D eigenvalue weighted by molar-refractivity contribution is 0.111. The predicted molar refractivity (Wildman–Crippen MR) is 129 cm³/mol. The summed E-state index contributed by atoms with van der Waals surface area (Å²) in [7, 11) is -1.46. The second-order valence-corrected chi connectivity index (χ2v) is 8.33. The number of hydrogen-bond acceptors (Lipinski definition) is 6. The van der Waals surface area contributed by atoms with Crippen LogP contribution in [0.4, 0.5) is 0 Å². The Bertz CT molecular complexity index is 1000. The summed E-state index contributed by atoms with van der Waals surface area (Å²) < 4.78 is 1.17. The number of hydrogen-bond donors (Lipinski definition) is 2. The molecule has 0 aliphatic heterocycles. The summed E-state index contributed by atoms with van der Waals surface area (Å²) >= 11 is 6.66. The molecule has 2 heterocycles. The van der Waals surface area contributed by atoms with Gasteiger partial charge >= 0.3 is 7.12 Å². The van der Waals surface area contributed by atoms with Gasteiger partial charge in [0.1, 0.15) is 12.6 Å². The van der Waals surface area contributed by atoms with Gasteiger partial charge in [-0.05, 0) is 60.8 Å². The van der Waals surface area contributed by atoms with Crippen LogP contribution in [0.25, 0.3) is 11.1 Å². The Morgan fingerprint density at radius 3 is 1.60 bits per heavy atom. The van der Waals surface area contributed by atoms with Crippen LogP contribution in [0, 0.1) is 0 Å². The molecule has 4 rings (SSSR count). The quantitative estimate of drug-likeness (QED) is 0.308. The average molecular weight is 501 g/mol. The van der Waals surface area contributed by atoms with Gasteiger partial charge in [0.15, 0.2) is 0 Å². The van der Waals surface area contributed by atoms with Crippen LogP contribution >= 0.6 is 38.6 Å². The van der Waals surface area contributed by atoms with Gasteiger partial charge in [0, 0.05) is 21.0 Å². The number of thiophene rings is 2. The molecule has 4 aromatic rings. The third-order valence-electron chi connectivity index (χ3n) is 3.76. The lowest BCUT2D eigenvalue weighted by Gasteiger charge is -1.97. The van der Waals surface area contributed by atoms with Gasteiger partial charge < -0.3 is 10.0 Å². The van der Waals surface area contributed by atoms with E-state index in [4.69, 9.17) is 10.0 Å². The molecule has 0 aliphatic carbocycles. The fourth-order valence-electron chi connectivity index (χ4n) is 2.18. The third-order valence-corrected chi connectivity index (χ3v) is 5.92. The minimum absolute atomic E-state index is 0.385. The normalized spacial score (nSPS) is 9.43. The van der Waals surface area contributed by atoms with E-state index in [1.165, 1.54) is 34.3 Å². The molecule has 0 saturated carbocycles. The molecule has 0 radical (unpaired) electrons. The molecule has 0 aliphatic rings. The molecule has 152 valence electrons. The van der Waals surface area contributed by atoms with Crippen LogP contribution in [0.3, 0.4) is 0 Å². The van der Waals surface area contributed by atoms with Crippen molar-refractivity contribution in [3.8, 4) is 11.1 Å². The largest absolute Gasteiger partial charge is 0.488 e. The van der Waals surface area contributed by atoms with Crippen molar-refractivity contribution in [3.05, 3.63) is 97.8 Å². The second-order valence-electron chi connectivity index (χ2n) is 5.85. The number of carbonyl (C=O) groups is 2. The number of rotatable bonds is 4. The Morgan fingerprint density at radius 2 is 1.23 bits per heavy atom. The summed E-state index contributed by atoms with van der Waals surface area (Å²) in [5.74, 6) is 0. The molecule has 0 fully saturated rings. The Hall–Kier alpha value is -2.36. The topological polar surface area (TPSA) is 74.6 Å². The van der Waals surface area contributed by atoms with Gasteiger partial charge in [-0.25, -0.2) is 0 Å². The number of carbonyl (C=O) groups excluding carboxylic acids is 2. The molecular formula is C22H18BBrO4S2. The zero-order chi connectivity index (χ0) is 21.8. The van der Waals surface area contributed by atoms with E-state index in [0.717, 1.165) is 17.4 Å². The first-order chi connectivity index (χ1) is 14.5. The minimum atomic E-state index is -1.46. The Balaban J connectivity index is 0.000000171. The van der Waals surface area contributed by atoms with E-state index in [1.807, 2.05) is 46.5 Å². The second kappa shape index (κ2) is 13.0. The monoisotopic (exact) mass is 500 g/mol. The molecule has 0 saturated heterocycles. The van der Waals surface area contributed by atoms with E-state index < -0.39 is 7.12 Å². The van der Waals surface area contributed by atoms with Gasteiger partial charge in [0.05, 0.1) is 0 Å². The maximum absolute atomic E-state index is 10.4. The summed E-state index contributed by atoms with van der Waals surface area (Å²) in [5.41, 5.74) is 4.00. The van der Waals surface area contributed by atoms with Crippen molar-refractivity contribution in [2.75, 3.05) is 0 Å². The van der Waals surface area contributed by atoms with Crippen LogP contribution in [0.15, 0.2) is 86.7 Å². The minimum Gasteiger partial charge on any atom is -0.423 e. The summed E-state index contributed by atoms with van der Waals surface area (Å²) in [6.07, 6.45) is 1.56. The Labute approximate surface area is 191 Å². The lowest BCUT2D eigenvalue weighted by Crippen LogP contribution is -2.29. The Morgan fingerprint density at radius 1 is 0.700 bits per heavy atom. The van der Waals surface area contributed by atoms with Crippen LogP contribution < -0.4 is 5.46 Å². The van der Waals surface area contributed by atoms with Crippen molar-refractivity contribution < 1.29 is 19.6 Å². The van der Waals surface area contributed by atoms with Crippen molar-refractivity contribution >= 4 is 63.8 Å². The first-order valence-corrected chi connectivity index (χ1v) is 11.4. The van der Waals surface area contributed by atoms with Crippen LogP contribution in [0.1, 0.15) is 20.7 Å². The third kappa shape index (κ3) is 8.18. The van der Waals surface area contributed by atoms with Crippen molar-refractivity contribution in [1.82, 2.24) is 0 Å². The summed E-state index contributed by atoms with van der Waals surface area (Å²) in [6, 6.07) is 17.7. The highest BCUT2D eigenvalue weighted by Gasteiger charge is 2.08. The Kier molecular flexibility index (Phi) is 10.4. The van der Waals surface area contributed by atoms with Gasteiger partial charge in [-0.3, -0.25) is 9.59 Å². The molecule has 4 nitrogen and oxygen atoms in total. The molecular weight excluding hydrogens is 483 g/mol. The molecule has 8 heteroatoms. The molecule has 0 spiro atoms. The van der Waals surface area contributed by atoms with Crippen molar-refractivity contribution in [2.24, 2.45) is 0 Å². The van der Waals surface area contributed by atoms with Crippen molar-refractivity contribution in [2.45, 2.75) is 0 Å².